The Balaban J connectivity index is 2.23. The molecule has 2 aromatic rings. The van der Waals surface area contributed by atoms with Crippen molar-refractivity contribution in [2.45, 2.75) is 17.5 Å². The van der Waals surface area contributed by atoms with Gasteiger partial charge in [0.15, 0.2) is 0 Å². The standard InChI is InChI=1S/C14H16N2O3S/c1-16(9-11-6-7-19-15-11)13(14(17)18)10-4-3-5-12(8-10)20-2/h3-8,13H,9H2,1-2H3,(H,17,18)/t13-/m0/s1. The van der Waals surface area contributed by atoms with Crippen LogP contribution < -0.4 is 0 Å². The maximum Gasteiger partial charge on any atom is 0.325 e. The summed E-state index contributed by atoms with van der Waals surface area (Å²) in [5.74, 6) is -0.880. The van der Waals surface area contributed by atoms with Crippen LogP contribution in [0.3, 0.4) is 0 Å². The van der Waals surface area contributed by atoms with Gasteiger partial charge in [-0.1, -0.05) is 17.3 Å². The number of rotatable bonds is 6. The van der Waals surface area contributed by atoms with Crippen molar-refractivity contribution in [1.29, 1.82) is 0 Å². The SMILES string of the molecule is CSc1cccc([C@@H](C(=O)O)N(C)Cc2ccon2)c1. The highest BCUT2D eigenvalue weighted by Crippen LogP contribution is 2.25. The first kappa shape index (κ1) is 14.6. The Kier molecular flexibility index (Phi) is 4.81. The average Bonchev–Trinajstić information content (AvgIpc) is 2.91. The zero-order valence-corrected chi connectivity index (χ0v) is 12.1. The lowest BCUT2D eigenvalue weighted by molar-refractivity contribution is -0.143. The molecule has 6 heteroatoms. The summed E-state index contributed by atoms with van der Waals surface area (Å²) < 4.78 is 4.77. The lowest BCUT2D eigenvalue weighted by Gasteiger charge is -2.24. The largest absolute Gasteiger partial charge is 0.480 e. The summed E-state index contributed by atoms with van der Waals surface area (Å²) in [6, 6.07) is 8.60. The minimum Gasteiger partial charge on any atom is -0.480 e. The highest BCUT2D eigenvalue weighted by molar-refractivity contribution is 7.98. The number of benzene rings is 1. The van der Waals surface area contributed by atoms with Gasteiger partial charge in [-0.3, -0.25) is 9.69 Å². The summed E-state index contributed by atoms with van der Waals surface area (Å²) >= 11 is 1.59. The number of hydrogen-bond donors (Lipinski definition) is 1. The molecule has 106 valence electrons. The van der Waals surface area contributed by atoms with Crippen molar-refractivity contribution in [3.63, 3.8) is 0 Å². The molecular weight excluding hydrogens is 276 g/mol. The van der Waals surface area contributed by atoms with Gasteiger partial charge < -0.3 is 9.63 Å². The minimum atomic E-state index is -0.880. The normalized spacial score (nSPS) is 12.6. The van der Waals surface area contributed by atoms with Gasteiger partial charge in [-0.05, 0) is 31.0 Å². The van der Waals surface area contributed by atoms with Gasteiger partial charge >= 0.3 is 5.97 Å². The fraction of sp³-hybridized carbons (Fsp3) is 0.286. The molecule has 1 atom stereocenters. The summed E-state index contributed by atoms with van der Waals surface area (Å²) in [6.07, 6.45) is 3.45. The first-order valence-corrected chi connectivity index (χ1v) is 7.30. The molecule has 20 heavy (non-hydrogen) atoms. The molecule has 1 aromatic heterocycles. The summed E-state index contributed by atoms with van der Waals surface area (Å²) in [5, 5.41) is 13.3. The van der Waals surface area contributed by atoms with Gasteiger partial charge in [0.05, 0.1) is 5.69 Å². The van der Waals surface area contributed by atoms with Crippen molar-refractivity contribution in [1.82, 2.24) is 10.1 Å². The van der Waals surface area contributed by atoms with Gasteiger partial charge in [0, 0.05) is 17.5 Å². The second kappa shape index (κ2) is 6.58. The lowest BCUT2D eigenvalue weighted by Crippen LogP contribution is -2.30. The van der Waals surface area contributed by atoms with Crippen molar-refractivity contribution >= 4 is 17.7 Å². The van der Waals surface area contributed by atoms with E-state index in [1.165, 1.54) is 6.26 Å². The average molecular weight is 292 g/mol. The van der Waals surface area contributed by atoms with Gasteiger partial charge in [0.2, 0.25) is 0 Å². The summed E-state index contributed by atoms with van der Waals surface area (Å²) in [5.41, 5.74) is 1.47. The van der Waals surface area contributed by atoms with Crippen LogP contribution in [0.2, 0.25) is 0 Å². The lowest BCUT2D eigenvalue weighted by atomic mass is 10.1. The summed E-state index contributed by atoms with van der Waals surface area (Å²) in [4.78, 5) is 14.4. The van der Waals surface area contributed by atoms with Crippen LogP contribution in [0.1, 0.15) is 17.3 Å². The fourth-order valence-corrected chi connectivity index (χ4v) is 2.53. The van der Waals surface area contributed by atoms with Crippen LogP contribution in [-0.2, 0) is 11.3 Å². The Hall–Kier alpha value is -1.79. The summed E-state index contributed by atoms with van der Waals surface area (Å²) in [6.45, 7) is 0.414. The molecular formula is C14H16N2O3S. The number of carboxylic acid groups (broad SMARTS) is 1. The molecule has 2 rings (SSSR count). The van der Waals surface area contributed by atoms with E-state index < -0.39 is 12.0 Å². The predicted octanol–water partition coefficient (Wildman–Crippen LogP) is 2.65. The highest BCUT2D eigenvalue weighted by Gasteiger charge is 2.25. The Morgan fingerprint density at radius 1 is 1.50 bits per heavy atom. The van der Waals surface area contributed by atoms with Gasteiger partial charge in [-0.15, -0.1) is 11.8 Å². The van der Waals surface area contributed by atoms with E-state index in [1.54, 1.807) is 29.8 Å². The van der Waals surface area contributed by atoms with Crippen LogP contribution in [0.15, 0.2) is 46.0 Å². The molecule has 5 nitrogen and oxygen atoms in total. The van der Waals surface area contributed by atoms with Gasteiger partial charge in [-0.25, -0.2) is 0 Å². The monoisotopic (exact) mass is 292 g/mol. The van der Waals surface area contributed by atoms with Crippen LogP contribution in [0.4, 0.5) is 0 Å². The Labute approximate surface area is 121 Å². The number of nitrogens with zero attached hydrogens (tertiary/aromatic N) is 2. The number of carbonyl (C=O) groups is 1. The zero-order valence-electron chi connectivity index (χ0n) is 11.3. The van der Waals surface area contributed by atoms with Crippen molar-refractivity contribution in [3.8, 4) is 0 Å². The van der Waals surface area contributed by atoms with E-state index in [1.807, 2.05) is 30.5 Å². The number of thioether (sulfide) groups is 1. The Morgan fingerprint density at radius 2 is 2.30 bits per heavy atom. The third kappa shape index (κ3) is 3.40. The molecule has 1 N–H and O–H groups in total. The van der Waals surface area contributed by atoms with Gasteiger partial charge in [0.25, 0.3) is 0 Å². The molecule has 1 aromatic carbocycles. The van der Waals surface area contributed by atoms with E-state index in [9.17, 15) is 9.90 Å². The molecule has 0 bridgehead atoms. The number of carboxylic acids is 1. The maximum atomic E-state index is 11.6. The molecule has 0 aliphatic heterocycles. The topological polar surface area (TPSA) is 66.6 Å². The number of hydrogen-bond acceptors (Lipinski definition) is 5. The molecule has 0 radical (unpaired) electrons. The van der Waals surface area contributed by atoms with Crippen LogP contribution in [0.5, 0.6) is 0 Å². The van der Waals surface area contributed by atoms with Gasteiger partial charge in [-0.2, -0.15) is 0 Å². The van der Waals surface area contributed by atoms with E-state index in [0.717, 1.165) is 10.5 Å². The quantitative estimate of drug-likeness (QED) is 0.826. The van der Waals surface area contributed by atoms with Crippen molar-refractivity contribution in [2.75, 3.05) is 13.3 Å². The molecule has 0 saturated carbocycles. The third-order valence-corrected chi connectivity index (χ3v) is 3.71. The molecule has 0 aliphatic rings. The first-order chi connectivity index (χ1) is 9.61. The van der Waals surface area contributed by atoms with E-state index in [0.29, 0.717) is 12.2 Å². The molecule has 0 spiro atoms. The van der Waals surface area contributed by atoms with Crippen LogP contribution in [0, 0.1) is 0 Å². The fourth-order valence-electron chi connectivity index (χ4n) is 2.06. The molecule has 0 saturated heterocycles. The second-order valence-electron chi connectivity index (χ2n) is 4.42. The molecule has 0 aliphatic carbocycles. The Morgan fingerprint density at radius 3 is 2.90 bits per heavy atom. The van der Waals surface area contributed by atoms with Crippen molar-refractivity contribution < 1.29 is 14.4 Å². The molecule has 1 heterocycles. The van der Waals surface area contributed by atoms with Crippen LogP contribution >= 0.6 is 11.8 Å². The van der Waals surface area contributed by atoms with Crippen LogP contribution in [0.25, 0.3) is 0 Å². The van der Waals surface area contributed by atoms with Crippen molar-refractivity contribution in [3.05, 3.63) is 47.9 Å². The van der Waals surface area contributed by atoms with Crippen molar-refractivity contribution in [2.24, 2.45) is 0 Å². The third-order valence-electron chi connectivity index (χ3n) is 2.99. The second-order valence-corrected chi connectivity index (χ2v) is 5.30. The smallest absolute Gasteiger partial charge is 0.325 e. The van der Waals surface area contributed by atoms with E-state index in [2.05, 4.69) is 5.16 Å². The Bertz CT molecular complexity index is 572. The summed E-state index contributed by atoms with van der Waals surface area (Å²) in [7, 11) is 1.76. The van der Waals surface area contributed by atoms with E-state index in [4.69, 9.17) is 4.52 Å². The minimum absolute atomic E-state index is 0.414. The van der Waals surface area contributed by atoms with Gasteiger partial charge in [0.1, 0.15) is 12.3 Å². The first-order valence-electron chi connectivity index (χ1n) is 6.08. The number of aromatic nitrogens is 1. The maximum absolute atomic E-state index is 11.6. The van der Waals surface area contributed by atoms with E-state index >= 15 is 0 Å². The highest BCUT2D eigenvalue weighted by atomic mass is 32.2. The van der Waals surface area contributed by atoms with E-state index in [-0.39, 0.29) is 0 Å². The number of aliphatic carboxylic acids is 1. The molecule has 0 fully saturated rings. The van der Waals surface area contributed by atoms with Crippen LogP contribution in [-0.4, -0.2) is 34.4 Å². The number of likely N-dealkylation sites (N-methyl/N-ethyl adjacent to an activating group) is 1. The zero-order chi connectivity index (χ0) is 14.5. The molecule has 0 unspecified atom stereocenters. The molecule has 0 amide bonds. The predicted molar refractivity (Wildman–Crippen MR) is 76.6 cm³/mol.